The van der Waals surface area contributed by atoms with Gasteiger partial charge in [0.25, 0.3) is 0 Å². The van der Waals surface area contributed by atoms with Gasteiger partial charge in [-0.05, 0) is 18.5 Å². The highest BCUT2D eigenvalue weighted by Crippen LogP contribution is 2.21. The molecule has 2 aromatic rings. The molecule has 0 atom stereocenters. The molecule has 9 heteroatoms. The smallest absolute Gasteiger partial charge is 0.231 e. The minimum absolute atomic E-state index is 0.221. The zero-order valence-electron chi connectivity index (χ0n) is 11.7. The third kappa shape index (κ3) is 3.33. The quantitative estimate of drug-likeness (QED) is 0.918. The van der Waals surface area contributed by atoms with E-state index in [0.29, 0.717) is 11.9 Å². The number of hydrogen-bond donors (Lipinski definition) is 1. The summed E-state index contributed by atoms with van der Waals surface area (Å²) < 4.78 is 0. The number of rotatable bonds is 4. The molecule has 1 aliphatic rings. The molecule has 21 heavy (non-hydrogen) atoms. The Balaban J connectivity index is 1.69. The second-order valence-electron chi connectivity index (χ2n) is 4.55. The Hall–Kier alpha value is -1.67. The molecule has 0 radical (unpaired) electrons. The van der Waals surface area contributed by atoms with E-state index in [9.17, 15) is 0 Å². The summed E-state index contributed by atoms with van der Waals surface area (Å²) in [6.07, 6.45) is 1.83. The highest BCUT2D eigenvalue weighted by molar-refractivity contribution is 7.13. The fraction of sp³-hybridized carbons (Fsp3) is 0.500. The van der Waals surface area contributed by atoms with E-state index in [-0.39, 0.29) is 5.28 Å². The van der Waals surface area contributed by atoms with E-state index in [0.717, 1.165) is 37.9 Å². The molecule has 3 heterocycles. The molecular formula is C12H16ClN7S. The van der Waals surface area contributed by atoms with Gasteiger partial charge < -0.3 is 15.1 Å². The molecular weight excluding hydrogens is 310 g/mol. The summed E-state index contributed by atoms with van der Waals surface area (Å²) in [4.78, 5) is 21.4. The number of nitrogens with one attached hydrogen (secondary N) is 1. The van der Waals surface area contributed by atoms with Crippen LogP contribution in [0.15, 0.2) is 11.6 Å². The summed E-state index contributed by atoms with van der Waals surface area (Å²) in [7, 11) is 0. The molecule has 0 saturated carbocycles. The number of thiazole rings is 1. The first-order valence-electron chi connectivity index (χ1n) is 6.81. The lowest BCUT2D eigenvalue weighted by Gasteiger charge is -2.34. The van der Waals surface area contributed by atoms with Crippen LogP contribution in [-0.2, 0) is 0 Å². The fourth-order valence-corrected chi connectivity index (χ4v) is 3.04. The molecule has 0 unspecified atom stereocenters. The summed E-state index contributed by atoms with van der Waals surface area (Å²) in [5, 5.41) is 6.35. The van der Waals surface area contributed by atoms with E-state index in [1.807, 2.05) is 18.5 Å². The molecule has 0 aliphatic carbocycles. The van der Waals surface area contributed by atoms with Crippen molar-refractivity contribution in [3.8, 4) is 0 Å². The van der Waals surface area contributed by atoms with Gasteiger partial charge in [0.1, 0.15) is 0 Å². The third-order valence-corrected chi connectivity index (χ3v) is 4.18. The zero-order valence-corrected chi connectivity index (χ0v) is 13.2. The van der Waals surface area contributed by atoms with Gasteiger partial charge >= 0.3 is 0 Å². The standard InChI is InChI=1S/C12H16ClN7S/c1-2-14-10-16-9(13)17-11(18-10)19-4-6-20(7-5-19)12-15-3-8-21-12/h3,8H,2,4-7H2,1H3,(H,14,16,17,18). The van der Waals surface area contributed by atoms with Crippen LogP contribution in [0, 0.1) is 0 Å². The van der Waals surface area contributed by atoms with Gasteiger partial charge in [-0.2, -0.15) is 15.0 Å². The van der Waals surface area contributed by atoms with Crippen LogP contribution in [-0.4, -0.2) is 52.7 Å². The topological polar surface area (TPSA) is 70.1 Å². The van der Waals surface area contributed by atoms with Crippen molar-refractivity contribution in [2.45, 2.75) is 6.92 Å². The molecule has 0 amide bonds. The van der Waals surface area contributed by atoms with Crippen LogP contribution in [0.4, 0.5) is 17.0 Å². The Labute approximate surface area is 132 Å². The van der Waals surface area contributed by atoms with Crippen molar-refractivity contribution in [2.75, 3.05) is 47.8 Å². The predicted molar refractivity (Wildman–Crippen MR) is 85.5 cm³/mol. The van der Waals surface area contributed by atoms with Crippen molar-refractivity contribution < 1.29 is 0 Å². The van der Waals surface area contributed by atoms with Gasteiger partial charge in [0.15, 0.2) is 5.13 Å². The largest absolute Gasteiger partial charge is 0.354 e. The maximum absolute atomic E-state index is 5.97. The Morgan fingerprint density at radius 3 is 2.62 bits per heavy atom. The highest BCUT2D eigenvalue weighted by Gasteiger charge is 2.21. The molecule has 0 aromatic carbocycles. The number of anilines is 3. The maximum atomic E-state index is 5.97. The molecule has 1 N–H and O–H groups in total. The third-order valence-electron chi connectivity index (χ3n) is 3.18. The number of hydrogen-bond acceptors (Lipinski definition) is 8. The van der Waals surface area contributed by atoms with Crippen LogP contribution < -0.4 is 15.1 Å². The minimum atomic E-state index is 0.221. The average Bonchev–Trinajstić information content (AvgIpc) is 3.01. The van der Waals surface area contributed by atoms with Gasteiger partial charge in [0.2, 0.25) is 17.2 Å². The van der Waals surface area contributed by atoms with E-state index >= 15 is 0 Å². The molecule has 2 aromatic heterocycles. The van der Waals surface area contributed by atoms with E-state index in [1.54, 1.807) is 11.3 Å². The van der Waals surface area contributed by atoms with Crippen molar-refractivity contribution in [3.05, 3.63) is 16.9 Å². The van der Waals surface area contributed by atoms with E-state index in [1.165, 1.54) is 0 Å². The fourth-order valence-electron chi connectivity index (χ4n) is 2.19. The van der Waals surface area contributed by atoms with Gasteiger partial charge in [-0.15, -0.1) is 11.3 Å². The Kier molecular flexibility index (Phi) is 4.35. The van der Waals surface area contributed by atoms with Crippen molar-refractivity contribution in [1.82, 2.24) is 19.9 Å². The van der Waals surface area contributed by atoms with Crippen LogP contribution in [0.2, 0.25) is 5.28 Å². The van der Waals surface area contributed by atoms with Gasteiger partial charge in [-0.25, -0.2) is 4.98 Å². The van der Waals surface area contributed by atoms with Gasteiger partial charge in [-0.3, -0.25) is 0 Å². The molecule has 3 rings (SSSR count). The summed E-state index contributed by atoms with van der Waals surface area (Å²) >= 11 is 7.63. The van der Waals surface area contributed by atoms with Gasteiger partial charge in [-0.1, -0.05) is 0 Å². The van der Waals surface area contributed by atoms with E-state index < -0.39 is 0 Å². The van der Waals surface area contributed by atoms with E-state index in [2.05, 4.69) is 35.1 Å². The summed E-state index contributed by atoms with van der Waals surface area (Å²) in [5.41, 5.74) is 0. The second-order valence-corrected chi connectivity index (χ2v) is 5.76. The van der Waals surface area contributed by atoms with Crippen LogP contribution in [0.5, 0.6) is 0 Å². The molecule has 1 saturated heterocycles. The average molecular weight is 326 g/mol. The normalized spacial score (nSPS) is 15.3. The molecule has 1 aliphatic heterocycles. The van der Waals surface area contributed by atoms with Crippen LogP contribution in [0.1, 0.15) is 6.92 Å². The monoisotopic (exact) mass is 325 g/mol. The van der Waals surface area contributed by atoms with Crippen molar-refractivity contribution in [3.63, 3.8) is 0 Å². The first-order chi connectivity index (χ1) is 10.3. The summed E-state index contributed by atoms with van der Waals surface area (Å²) in [5.74, 6) is 1.15. The number of aromatic nitrogens is 4. The maximum Gasteiger partial charge on any atom is 0.231 e. The predicted octanol–water partition coefficient (Wildman–Crippen LogP) is 1.74. The second kappa shape index (κ2) is 6.40. The minimum Gasteiger partial charge on any atom is -0.354 e. The summed E-state index contributed by atoms with van der Waals surface area (Å²) in [6, 6.07) is 0. The first-order valence-corrected chi connectivity index (χ1v) is 8.07. The first kappa shape index (κ1) is 14.3. The van der Waals surface area contributed by atoms with E-state index in [4.69, 9.17) is 11.6 Å². The lowest BCUT2D eigenvalue weighted by Crippen LogP contribution is -2.47. The van der Waals surface area contributed by atoms with Crippen molar-refractivity contribution >= 4 is 40.0 Å². The molecule has 1 fully saturated rings. The lowest BCUT2D eigenvalue weighted by molar-refractivity contribution is 0.637. The summed E-state index contributed by atoms with van der Waals surface area (Å²) in [6.45, 7) is 6.21. The van der Waals surface area contributed by atoms with Crippen LogP contribution >= 0.6 is 22.9 Å². The van der Waals surface area contributed by atoms with Gasteiger partial charge in [0, 0.05) is 44.3 Å². The highest BCUT2D eigenvalue weighted by atomic mass is 35.5. The van der Waals surface area contributed by atoms with Crippen molar-refractivity contribution in [2.24, 2.45) is 0 Å². The Bertz CT molecular complexity index is 583. The number of piperazine rings is 1. The van der Waals surface area contributed by atoms with Crippen LogP contribution in [0.25, 0.3) is 0 Å². The number of halogens is 1. The molecule has 112 valence electrons. The molecule has 0 spiro atoms. The number of nitrogens with zero attached hydrogens (tertiary/aromatic N) is 6. The SMILES string of the molecule is CCNc1nc(Cl)nc(N2CCN(c3nccs3)CC2)n1. The van der Waals surface area contributed by atoms with Crippen molar-refractivity contribution in [1.29, 1.82) is 0 Å². The zero-order chi connectivity index (χ0) is 14.7. The Morgan fingerprint density at radius 1 is 1.19 bits per heavy atom. The van der Waals surface area contributed by atoms with Crippen LogP contribution in [0.3, 0.4) is 0 Å². The lowest BCUT2D eigenvalue weighted by atomic mass is 10.3. The Morgan fingerprint density at radius 2 is 1.95 bits per heavy atom. The van der Waals surface area contributed by atoms with Gasteiger partial charge in [0.05, 0.1) is 0 Å². The molecule has 0 bridgehead atoms. The molecule has 7 nitrogen and oxygen atoms in total.